The average Bonchev–Trinajstić information content (AvgIpc) is 2.32. The van der Waals surface area contributed by atoms with Crippen LogP contribution in [-0.4, -0.2) is 37.6 Å². The van der Waals surface area contributed by atoms with E-state index in [-0.39, 0.29) is 12.3 Å². The van der Waals surface area contributed by atoms with E-state index in [1.165, 1.54) is 13.3 Å². The first-order valence-corrected chi connectivity index (χ1v) is 5.20. The molecule has 0 aromatic heterocycles. The number of nitrogens with zero attached hydrogens (tertiary/aromatic N) is 1. The van der Waals surface area contributed by atoms with Gasteiger partial charge >= 0.3 is 5.97 Å². The van der Waals surface area contributed by atoms with Crippen molar-refractivity contribution in [3.8, 4) is 11.5 Å². The van der Waals surface area contributed by atoms with Gasteiger partial charge in [-0.25, -0.2) is 0 Å². The van der Waals surface area contributed by atoms with E-state index >= 15 is 0 Å². The topological polar surface area (TPSA) is 68.1 Å². The fourth-order valence-electron chi connectivity index (χ4n) is 1.23. The molecule has 0 aliphatic carbocycles. The number of ether oxygens (including phenoxy) is 2. The minimum Gasteiger partial charge on any atom is -0.504 e. The highest BCUT2D eigenvalue weighted by molar-refractivity contribution is 5.86. The molecule has 5 heteroatoms. The molecule has 0 radical (unpaired) electrons. The second kappa shape index (κ2) is 6.52. The van der Waals surface area contributed by atoms with Crippen molar-refractivity contribution in [3.63, 3.8) is 0 Å². The van der Waals surface area contributed by atoms with Crippen LogP contribution in [0.3, 0.4) is 0 Å². The van der Waals surface area contributed by atoms with Crippen LogP contribution in [0.5, 0.6) is 11.5 Å². The highest BCUT2D eigenvalue weighted by Crippen LogP contribution is 2.27. The van der Waals surface area contributed by atoms with E-state index in [9.17, 15) is 9.90 Å². The molecule has 1 aromatic carbocycles. The molecule has 0 aliphatic rings. The molecule has 0 bridgehead atoms. The van der Waals surface area contributed by atoms with E-state index in [2.05, 4.69) is 4.99 Å². The number of rotatable bonds is 5. The average molecular weight is 237 g/mol. The summed E-state index contributed by atoms with van der Waals surface area (Å²) >= 11 is 0. The number of phenolic OH excluding ortho intramolecular Hbond substituents is 1. The smallest absolute Gasteiger partial charge is 0.327 e. The molecule has 0 unspecified atom stereocenters. The third-order valence-corrected chi connectivity index (χ3v) is 2.01. The zero-order chi connectivity index (χ0) is 12.7. The molecule has 0 aliphatic heterocycles. The summed E-state index contributed by atoms with van der Waals surface area (Å²) in [5.41, 5.74) is 0.494. The Morgan fingerprint density at radius 2 is 2.29 bits per heavy atom. The van der Waals surface area contributed by atoms with Crippen molar-refractivity contribution in [2.24, 2.45) is 4.99 Å². The molecule has 1 rings (SSSR count). The van der Waals surface area contributed by atoms with Gasteiger partial charge in [0.1, 0.15) is 6.54 Å². The number of carbonyl (C=O) groups is 1. The summed E-state index contributed by atoms with van der Waals surface area (Å²) in [6.45, 7) is 2.00. The molecule has 1 N–H and O–H groups in total. The predicted molar refractivity (Wildman–Crippen MR) is 63.8 cm³/mol. The molecule has 0 amide bonds. The minimum absolute atomic E-state index is 0.00242. The summed E-state index contributed by atoms with van der Waals surface area (Å²) < 4.78 is 9.66. The first-order chi connectivity index (χ1) is 8.19. The van der Waals surface area contributed by atoms with Crippen molar-refractivity contribution in [2.45, 2.75) is 6.92 Å². The van der Waals surface area contributed by atoms with Gasteiger partial charge in [0.05, 0.1) is 13.7 Å². The molecule has 17 heavy (non-hydrogen) atoms. The fourth-order valence-corrected chi connectivity index (χ4v) is 1.23. The molecule has 0 heterocycles. The molecule has 92 valence electrons. The maximum atomic E-state index is 11.0. The van der Waals surface area contributed by atoms with E-state index in [4.69, 9.17) is 9.47 Å². The Labute approximate surface area is 99.7 Å². The van der Waals surface area contributed by atoms with E-state index in [1.807, 2.05) is 0 Å². The summed E-state index contributed by atoms with van der Waals surface area (Å²) in [5, 5.41) is 9.72. The molecular formula is C12H15NO4. The molecule has 1 aromatic rings. The number of phenols is 1. The van der Waals surface area contributed by atoms with Crippen molar-refractivity contribution in [1.82, 2.24) is 0 Å². The SMILES string of the molecule is CCOC(=O)CN=Cc1cccc(OC)c1O. The van der Waals surface area contributed by atoms with Gasteiger partial charge in [-0.3, -0.25) is 9.79 Å². The number of aromatic hydroxyl groups is 1. The summed E-state index contributed by atoms with van der Waals surface area (Å²) in [7, 11) is 1.47. The fraction of sp³-hybridized carbons (Fsp3) is 0.333. The number of benzene rings is 1. The van der Waals surface area contributed by atoms with Crippen LogP contribution in [0.15, 0.2) is 23.2 Å². The van der Waals surface area contributed by atoms with Crippen molar-refractivity contribution >= 4 is 12.2 Å². The standard InChI is InChI=1S/C12H15NO4/c1-3-17-11(14)8-13-7-9-5-4-6-10(16-2)12(9)15/h4-7,15H,3,8H2,1-2H3. The van der Waals surface area contributed by atoms with Crippen molar-refractivity contribution in [2.75, 3.05) is 20.3 Å². The second-order valence-electron chi connectivity index (χ2n) is 3.17. The van der Waals surface area contributed by atoms with Crippen molar-refractivity contribution in [3.05, 3.63) is 23.8 Å². The molecule has 0 atom stereocenters. The Hall–Kier alpha value is -2.04. The van der Waals surface area contributed by atoms with Gasteiger partial charge in [-0.1, -0.05) is 6.07 Å². The first-order valence-electron chi connectivity index (χ1n) is 5.20. The van der Waals surface area contributed by atoms with E-state index in [1.54, 1.807) is 25.1 Å². The van der Waals surface area contributed by atoms with Crippen LogP contribution in [0.2, 0.25) is 0 Å². The highest BCUT2D eigenvalue weighted by Gasteiger charge is 2.05. The van der Waals surface area contributed by atoms with Crippen LogP contribution in [0.25, 0.3) is 0 Å². The van der Waals surface area contributed by atoms with Gasteiger partial charge in [0.2, 0.25) is 0 Å². The number of hydrogen-bond acceptors (Lipinski definition) is 5. The number of aliphatic imine (C=N–C) groups is 1. The summed E-state index contributed by atoms with van der Waals surface area (Å²) in [5.74, 6) is -0.0289. The van der Waals surface area contributed by atoms with Crippen molar-refractivity contribution < 1.29 is 19.4 Å². The van der Waals surface area contributed by atoms with Gasteiger partial charge in [0.25, 0.3) is 0 Å². The Kier molecular flexibility index (Phi) is 5.00. The molecule has 0 saturated carbocycles. The highest BCUT2D eigenvalue weighted by atomic mass is 16.5. The molecular weight excluding hydrogens is 222 g/mol. The summed E-state index contributed by atoms with van der Waals surface area (Å²) in [4.78, 5) is 14.9. The number of methoxy groups -OCH3 is 1. The summed E-state index contributed by atoms with van der Waals surface area (Å²) in [6, 6.07) is 5.04. The van der Waals surface area contributed by atoms with Gasteiger partial charge in [0, 0.05) is 11.8 Å². The Morgan fingerprint density at radius 1 is 1.53 bits per heavy atom. The maximum absolute atomic E-state index is 11.0. The number of para-hydroxylation sites is 1. The minimum atomic E-state index is -0.397. The van der Waals surface area contributed by atoms with Crippen LogP contribution < -0.4 is 4.74 Å². The van der Waals surface area contributed by atoms with E-state index < -0.39 is 5.97 Å². The van der Waals surface area contributed by atoms with Crippen LogP contribution in [0.4, 0.5) is 0 Å². The lowest BCUT2D eigenvalue weighted by Gasteiger charge is -2.04. The zero-order valence-corrected chi connectivity index (χ0v) is 9.84. The van der Waals surface area contributed by atoms with Crippen LogP contribution in [-0.2, 0) is 9.53 Å². The normalized spacial score (nSPS) is 10.5. The Morgan fingerprint density at radius 3 is 2.94 bits per heavy atom. The molecule has 5 nitrogen and oxygen atoms in total. The first kappa shape index (κ1) is 13.0. The van der Waals surface area contributed by atoms with Gasteiger partial charge < -0.3 is 14.6 Å². The van der Waals surface area contributed by atoms with Gasteiger partial charge in [-0.15, -0.1) is 0 Å². The third kappa shape index (κ3) is 3.79. The lowest BCUT2D eigenvalue weighted by atomic mass is 10.2. The molecule has 0 saturated heterocycles. The number of esters is 1. The number of hydrogen-bond donors (Lipinski definition) is 1. The molecule has 0 fully saturated rings. The van der Waals surface area contributed by atoms with E-state index in [0.29, 0.717) is 17.9 Å². The Balaban J connectivity index is 2.68. The molecule has 0 spiro atoms. The lowest BCUT2D eigenvalue weighted by molar-refractivity contribution is -0.141. The third-order valence-electron chi connectivity index (χ3n) is 2.01. The van der Waals surface area contributed by atoms with Gasteiger partial charge in [0.15, 0.2) is 11.5 Å². The second-order valence-corrected chi connectivity index (χ2v) is 3.17. The Bertz CT molecular complexity index is 415. The predicted octanol–water partition coefficient (Wildman–Crippen LogP) is 1.38. The summed E-state index contributed by atoms with van der Waals surface area (Å²) in [6.07, 6.45) is 1.41. The maximum Gasteiger partial charge on any atom is 0.327 e. The van der Waals surface area contributed by atoms with Gasteiger partial charge in [-0.2, -0.15) is 0 Å². The quantitative estimate of drug-likeness (QED) is 0.620. The van der Waals surface area contributed by atoms with Crippen LogP contribution in [0.1, 0.15) is 12.5 Å². The monoisotopic (exact) mass is 237 g/mol. The van der Waals surface area contributed by atoms with Crippen LogP contribution >= 0.6 is 0 Å². The number of carbonyl (C=O) groups excluding carboxylic acids is 1. The lowest BCUT2D eigenvalue weighted by Crippen LogP contribution is -2.07. The van der Waals surface area contributed by atoms with Crippen LogP contribution in [0, 0.1) is 0 Å². The van der Waals surface area contributed by atoms with E-state index in [0.717, 1.165) is 0 Å². The van der Waals surface area contributed by atoms with Crippen molar-refractivity contribution in [1.29, 1.82) is 0 Å². The van der Waals surface area contributed by atoms with Gasteiger partial charge in [-0.05, 0) is 19.1 Å². The zero-order valence-electron chi connectivity index (χ0n) is 9.84. The largest absolute Gasteiger partial charge is 0.504 e.